The van der Waals surface area contributed by atoms with Crippen LogP contribution >= 0.6 is 0 Å². The number of cyclic esters (lactones) is 2. The number of esters is 2. The van der Waals surface area contributed by atoms with E-state index in [2.05, 4.69) is 27.4 Å². The third-order valence-electron chi connectivity index (χ3n) is 1.17. The lowest BCUT2D eigenvalue weighted by Gasteiger charge is -2.27. The minimum absolute atomic E-state index is 0.516. The Bertz CT molecular complexity index is 271. The zero-order chi connectivity index (χ0) is 10.1. The van der Waals surface area contributed by atoms with E-state index in [0.717, 1.165) is 6.26 Å². The van der Waals surface area contributed by atoms with Crippen molar-refractivity contribution in [3.8, 4) is 0 Å². The van der Waals surface area contributed by atoms with Crippen LogP contribution in [0.15, 0.2) is 25.0 Å². The molecular weight excluding hydrogens is 180 g/mol. The smallest absolute Gasteiger partial charge is 0.405 e. The van der Waals surface area contributed by atoms with Gasteiger partial charge in [0.1, 0.15) is 5.57 Å². The summed E-state index contributed by atoms with van der Waals surface area (Å²) in [6.07, 6.45) is -1.97. The number of carbonyl (C=O) groups excluding carboxylic acids is 2. The molecule has 0 saturated carbocycles. The summed E-state index contributed by atoms with van der Waals surface area (Å²) in [6.45, 7) is 6.14. The van der Waals surface area contributed by atoms with Crippen molar-refractivity contribution in [1.82, 2.24) is 0 Å². The van der Waals surface area contributed by atoms with Crippen LogP contribution in [0.1, 0.15) is 0 Å². The Balaban J connectivity index is 2.84. The first-order chi connectivity index (χ1) is 5.98. The molecule has 0 bridgehead atoms. The molecule has 0 unspecified atom stereocenters. The maximum atomic E-state index is 10.8. The lowest BCUT2D eigenvalue weighted by Crippen LogP contribution is -2.47. The fraction of sp³-hybridized carbons (Fsp3) is 0.143. The van der Waals surface area contributed by atoms with Crippen LogP contribution in [0, 0.1) is 0 Å². The molecule has 6 heteroatoms. The number of hydrogen-bond donors (Lipinski definition) is 1. The van der Waals surface area contributed by atoms with Crippen molar-refractivity contribution >= 4 is 11.9 Å². The van der Waals surface area contributed by atoms with Crippen molar-refractivity contribution in [1.29, 1.82) is 0 Å². The number of hydrogen-bond acceptors (Lipinski definition) is 6. The van der Waals surface area contributed by atoms with E-state index < -0.39 is 23.7 Å². The van der Waals surface area contributed by atoms with Gasteiger partial charge in [-0.1, -0.05) is 13.2 Å². The summed E-state index contributed by atoms with van der Waals surface area (Å²) in [5.74, 6) is -2.22. The lowest BCUT2D eigenvalue weighted by molar-refractivity contribution is -0.437. The predicted octanol–water partition coefficient (Wildman–Crippen LogP) is -0.594. The molecule has 0 aliphatic carbocycles. The first kappa shape index (κ1) is 9.27. The topological polar surface area (TPSA) is 82.1 Å². The second kappa shape index (κ2) is 2.91. The Morgan fingerprint density at radius 3 is 2.23 bits per heavy atom. The van der Waals surface area contributed by atoms with E-state index in [4.69, 9.17) is 5.11 Å². The van der Waals surface area contributed by atoms with E-state index in [9.17, 15) is 9.59 Å². The molecule has 1 aliphatic rings. The first-order valence-electron chi connectivity index (χ1n) is 3.15. The Hall–Kier alpha value is -1.82. The van der Waals surface area contributed by atoms with Gasteiger partial charge in [0.25, 0.3) is 0 Å². The highest BCUT2D eigenvalue weighted by atomic mass is 17.0. The van der Waals surface area contributed by atoms with Gasteiger partial charge in [0.05, 0.1) is 6.26 Å². The molecule has 6 nitrogen and oxygen atoms in total. The van der Waals surface area contributed by atoms with Gasteiger partial charge >= 0.3 is 18.1 Å². The van der Waals surface area contributed by atoms with E-state index in [0.29, 0.717) is 0 Å². The van der Waals surface area contributed by atoms with Crippen LogP contribution in [0.2, 0.25) is 0 Å². The third-order valence-corrected chi connectivity index (χ3v) is 1.17. The van der Waals surface area contributed by atoms with Crippen molar-refractivity contribution in [2.24, 2.45) is 0 Å². The Labute approximate surface area is 73.0 Å². The van der Waals surface area contributed by atoms with Gasteiger partial charge in [-0.05, 0) is 0 Å². The summed E-state index contributed by atoms with van der Waals surface area (Å²) < 4.78 is 12.6. The average Bonchev–Trinajstić information content (AvgIpc) is 2.00. The number of aliphatic hydroxyl groups is 1. The van der Waals surface area contributed by atoms with Gasteiger partial charge in [-0.3, -0.25) is 5.11 Å². The summed E-state index contributed by atoms with van der Waals surface area (Å²) in [5, 5.41) is 9.11. The minimum atomic E-state index is -2.73. The molecule has 1 heterocycles. The number of rotatable bonds is 2. The van der Waals surface area contributed by atoms with Gasteiger partial charge in [0.15, 0.2) is 0 Å². The summed E-state index contributed by atoms with van der Waals surface area (Å²) in [7, 11) is 0. The molecule has 0 atom stereocenters. The van der Waals surface area contributed by atoms with Crippen LogP contribution in [-0.4, -0.2) is 23.2 Å². The summed E-state index contributed by atoms with van der Waals surface area (Å²) >= 11 is 0. The zero-order valence-electron chi connectivity index (χ0n) is 6.48. The van der Waals surface area contributed by atoms with Crippen molar-refractivity contribution < 1.29 is 28.9 Å². The van der Waals surface area contributed by atoms with Gasteiger partial charge in [-0.25, -0.2) is 9.59 Å². The van der Waals surface area contributed by atoms with Crippen LogP contribution in [0.25, 0.3) is 0 Å². The highest BCUT2D eigenvalue weighted by Crippen LogP contribution is 2.21. The van der Waals surface area contributed by atoms with E-state index in [1.807, 2.05) is 0 Å². The molecule has 13 heavy (non-hydrogen) atoms. The molecule has 0 spiro atoms. The summed E-state index contributed by atoms with van der Waals surface area (Å²) in [6, 6.07) is 0. The lowest BCUT2D eigenvalue weighted by atomic mass is 10.3. The first-order valence-corrected chi connectivity index (χ1v) is 3.15. The summed E-state index contributed by atoms with van der Waals surface area (Å²) in [4.78, 5) is 21.6. The largest absolute Gasteiger partial charge is 0.561 e. The van der Waals surface area contributed by atoms with Gasteiger partial charge in [-0.2, -0.15) is 0 Å². The Morgan fingerprint density at radius 2 is 1.85 bits per heavy atom. The minimum Gasteiger partial charge on any atom is -0.405 e. The quantitative estimate of drug-likeness (QED) is 0.204. The fourth-order valence-corrected chi connectivity index (χ4v) is 0.615. The summed E-state index contributed by atoms with van der Waals surface area (Å²) in [5.41, 5.74) is -0.516. The molecule has 0 aromatic rings. The van der Waals surface area contributed by atoms with Crippen molar-refractivity contribution in [3.05, 3.63) is 25.0 Å². The van der Waals surface area contributed by atoms with Crippen LogP contribution < -0.4 is 0 Å². The molecule has 1 aliphatic heterocycles. The van der Waals surface area contributed by atoms with E-state index in [1.54, 1.807) is 0 Å². The van der Waals surface area contributed by atoms with E-state index in [1.165, 1.54) is 0 Å². The SMILES string of the molecule is C=COC1(O)OC(=O)C(=C)C(=O)O1. The maximum absolute atomic E-state index is 10.8. The Kier molecular flexibility index (Phi) is 2.07. The van der Waals surface area contributed by atoms with Crippen molar-refractivity contribution in [2.75, 3.05) is 0 Å². The number of carbonyl (C=O) groups is 2. The zero-order valence-corrected chi connectivity index (χ0v) is 6.48. The maximum Gasteiger partial charge on any atom is 0.561 e. The van der Waals surface area contributed by atoms with Gasteiger partial charge in [0.2, 0.25) is 0 Å². The van der Waals surface area contributed by atoms with Gasteiger partial charge in [0, 0.05) is 0 Å². The normalized spacial score (nSPS) is 20.2. The fourth-order valence-electron chi connectivity index (χ4n) is 0.615. The van der Waals surface area contributed by atoms with Gasteiger partial charge in [-0.15, -0.1) is 0 Å². The van der Waals surface area contributed by atoms with E-state index in [-0.39, 0.29) is 0 Å². The van der Waals surface area contributed by atoms with Crippen LogP contribution in [0.4, 0.5) is 0 Å². The molecule has 1 saturated heterocycles. The highest BCUT2D eigenvalue weighted by Gasteiger charge is 2.46. The molecule has 1 fully saturated rings. The van der Waals surface area contributed by atoms with Crippen molar-refractivity contribution in [3.63, 3.8) is 0 Å². The monoisotopic (exact) mass is 186 g/mol. The van der Waals surface area contributed by atoms with Crippen LogP contribution in [-0.2, 0) is 23.8 Å². The highest BCUT2D eigenvalue weighted by molar-refractivity contribution is 6.14. The second-order valence-electron chi connectivity index (χ2n) is 2.07. The molecule has 0 aromatic heterocycles. The standard InChI is InChI=1S/C7H6O6/c1-3-11-7(10)12-5(8)4(2)6(9)13-7/h3,10H,1-2H2. The molecule has 0 aromatic carbocycles. The molecule has 70 valence electrons. The number of ether oxygens (including phenoxy) is 3. The van der Waals surface area contributed by atoms with E-state index >= 15 is 0 Å². The van der Waals surface area contributed by atoms with Gasteiger partial charge < -0.3 is 14.2 Å². The van der Waals surface area contributed by atoms with Crippen LogP contribution in [0.5, 0.6) is 0 Å². The van der Waals surface area contributed by atoms with Crippen LogP contribution in [0.3, 0.4) is 0 Å². The Morgan fingerprint density at radius 1 is 1.38 bits per heavy atom. The third kappa shape index (κ3) is 1.67. The molecular formula is C7H6O6. The average molecular weight is 186 g/mol. The molecule has 0 radical (unpaired) electrons. The predicted molar refractivity (Wildman–Crippen MR) is 37.6 cm³/mol. The molecule has 1 rings (SSSR count). The second-order valence-corrected chi connectivity index (χ2v) is 2.07. The molecule has 1 N–H and O–H groups in total. The van der Waals surface area contributed by atoms with Crippen molar-refractivity contribution in [2.45, 2.75) is 6.16 Å². The molecule has 0 amide bonds.